The van der Waals surface area contributed by atoms with Crippen molar-refractivity contribution in [1.29, 1.82) is 0 Å². The summed E-state index contributed by atoms with van der Waals surface area (Å²) >= 11 is 1.46. The minimum atomic E-state index is -0.719. The van der Waals surface area contributed by atoms with Crippen molar-refractivity contribution in [3.63, 3.8) is 0 Å². The predicted octanol–water partition coefficient (Wildman–Crippen LogP) is 5.14. The van der Waals surface area contributed by atoms with Crippen molar-refractivity contribution in [3.8, 4) is 11.5 Å². The molecule has 0 N–H and O–H groups in total. The maximum Gasteiger partial charge on any atom is 0.349 e. The molecule has 152 valence electrons. The fraction of sp³-hybridized carbons (Fsp3) is 0.350. The zero-order chi connectivity index (χ0) is 21.0. The molecule has 0 aliphatic carbocycles. The van der Waals surface area contributed by atoms with Gasteiger partial charge in [-0.1, -0.05) is 20.3 Å². The lowest BCUT2D eigenvalue weighted by molar-refractivity contribution is -0.384. The molecule has 0 fully saturated rings. The number of thiophene rings is 1. The summed E-state index contributed by atoms with van der Waals surface area (Å²) in [6.45, 7) is 5.83. The van der Waals surface area contributed by atoms with E-state index in [4.69, 9.17) is 9.15 Å². The first-order chi connectivity index (χ1) is 13.9. The molecule has 0 aliphatic rings. The summed E-state index contributed by atoms with van der Waals surface area (Å²) in [6, 6.07) is 7.66. The standard InChI is InChI=1S/C20H21N3O5S/c1-4-6-16-13(5-2)11-17(29-16)20(24)27-12(3)18-21-22-19(28-18)14-7-9-15(10-8-14)23(25)26/h7-12H,4-6H2,1-3H3/t12-/m0/s1. The van der Waals surface area contributed by atoms with Crippen molar-refractivity contribution in [2.45, 2.75) is 46.1 Å². The fourth-order valence-electron chi connectivity index (χ4n) is 2.82. The molecule has 0 saturated carbocycles. The Balaban J connectivity index is 1.70. The van der Waals surface area contributed by atoms with Gasteiger partial charge in [-0.2, -0.15) is 0 Å². The third-order valence-corrected chi connectivity index (χ3v) is 5.57. The van der Waals surface area contributed by atoms with E-state index in [1.54, 1.807) is 6.92 Å². The molecule has 0 saturated heterocycles. The highest BCUT2D eigenvalue weighted by molar-refractivity contribution is 7.14. The SMILES string of the molecule is CCCc1sc(C(=O)O[C@@H](C)c2nnc(-c3ccc([N+](=O)[O-])cc3)o2)cc1CC. The fourth-order valence-corrected chi connectivity index (χ4v) is 4.05. The number of rotatable bonds is 8. The summed E-state index contributed by atoms with van der Waals surface area (Å²) in [5.41, 5.74) is 1.69. The van der Waals surface area contributed by atoms with Gasteiger partial charge in [-0.3, -0.25) is 10.1 Å². The number of benzene rings is 1. The third kappa shape index (κ3) is 4.68. The average molecular weight is 415 g/mol. The molecule has 0 unspecified atom stereocenters. The number of ether oxygens (including phenoxy) is 1. The van der Waals surface area contributed by atoms with Gasteiger partial charge in [0.1, 0.15) is 4.88 Å². The highest BCUT2D eigenvalue weighted by atomic mass is 32.1. The van der Waals surface area contributed by atoms with Crippen LogP contribution in [0.25, 0.3) is 11.5 Å². The van der Waals surface area contributed by atoms with E-state index in [1.807, 2.05) is 6.07 Å². The molecule has 0 aliphatic heterocycles. The zero-order valence-corrected chi connectivity index (χ0v) is 17.2. The number of nitro groups is 1. The van der Waals surface area contributed by atoms with E-state index < -0.39 is 17.0 Å². The number of hydrogen-bond acceptors (Lipinski definition) is 8. The van der Waals surface area contributed by atoms with Crippen molar-refractivity contribution in [3.05, 3.63) is 61.7 Å². The van der Waals surface area contributed by atoms with Crippen molar-refractivity contribution < 1.29 is 18.9 Å². The Morgan fingerprint density at radius 1 is 1.28 bits per heavy atom. The number of esters is 1. The monoisotopic (exact) mass is 415 g/mol. The second-order valence-electron chi connectivity index (χ2n) is 6.46. The third-order valence-electron chi connectivity index (χ3n) is 4.35. The van der Waals surface area contributed by atoms with Crippen LogP contribution in [0.3, 0.4) is 0 Å². The summed E-state index contributed by atoms with van der Waals surface area (Å²) in [5, 5.41) is 18.6. The number of nitrogens with zero attached hydrogens (tertiary/aromatic N) is 3. The molecule has 0 amide bonds. The first-order valence-corrected chi connectivity index (χ1v) is 10.1. The van der Waals surface area contributed by atoms with Crippen molar-refractivity contribution >= 4 is 23.0 Å². The van der Waals surface area contributed by atoms with Crippen LogP contribution in [0.15, 0.2) is 34.7 Å². The Morgan fingerprint density at radius 2 is 2.00 bits per heavy atom. The molecular weight excluding hydrogens is 394 g/mol. The van der Waals surface area contributed by atoms with Crippen molar-refractivity contribution in [2.24, 2.45) is 0 Å². The molecule has 0 radical (unpaired) electrons. The predicted molar refractivity (Wildman–Crippen MR) is 108 cm³/mol. The molecule has 0 spiro atoms. The van der Waals surface area contributed by atoms with Crippen LogP contribution < -0.4 is 0 Å². The molecule has 0 bridgehead atoms. The summed E-state index contributed by atoms with van der Waals surface area (Å²) in [5.74, 6) is -0.0604. The van der Waals surface area contributed by atoms with Gasteiger partial charge in [0.05, 0.1) is 4.92 Å². The maximum absolute atomic E-state index is 12.5. The van der Waals surface area contributed by atoms with E-state index in [1.165, 1.54) is 46.0 Å². The van der Waals surface area contributed by atoms with E-state index in [-0.39, 0.29) is 17.5 Å². The van der Waals surface area contributed by atoms with Gasteiger partial charge in [-0.25, -0.2) is 4.79 Å². The van der Waals surface area contributed by atoms with Crippen LogP contribution in [0.5, 0.6) is 0 Å². The molecule has 3 rings (SSSR count). The number of carbonyl (C=O) groups is 1. The van der Waals surface area contributed by atoms with Gasteiger partial charge >= 0.3 is 5.97 Å². The first kappa shape index (κ1) is 20.7. The highest BCUT2D eigenvalue weighted by Gasteiger charge is 2.22. The number of aryl methyl sites for hydroxylation is 2. The van der Waals surface area contributed by atoms with Gasteiger partial charge in [0.2, 0.25) is 5.89 Å². The van der Waals surface area contributed by atoms with Gasteiger partial charge in [-0.05, 0) is 43.5 Å². The Hall–Kier alpha value is -3.07. The van der Waals surface area contributed by atoms with Crippen LogP contribution in [0, 0.1) is 10.1 Å². The Morgan fingerprint density at radius 3 is 2.62 bits per heavy atom. The minimum Gasteiger partial charge on any atom is -0.448 e. The lowest BCUT2D eigenvalue weighted by Crippen LogP contribution is -2.08. The molecule has 8 nitrogen and oxygen atoms in total. The molecule has 3 aromatic rings. The highest BCUT2D eigenvalue weighted by Crippen LogP contribution is 2.28. The summed E-state index contributed by atoms with van der Waals surface area (Å²) in [4.78, 5) is 24.6. The Labute approximate surface area is 171 Å². The van der Waals surface area contributed by atoms with Crippen LogP contribution in [0.2, 0.25) is 0 Å². The van der Waals surface area contributed by atoms with Gasteiger partial charge in [0.15, 0.2) is 6.10 Å². The average Bonchev–Trinajstić information content (AvgIpc) is 3.36. The van der Waals surface area contributed by atoms with E-state index in [0.717, 1.165) is 19.3 Å². The molecule has 9 heteroatoms. The lowest BCUT2D eigenvalue weighted by Gasteiger charge is -2.07. The van der Waals surface area contributed by atoms with E-state index >= 15 is 0 Å². The second kappa shape index (κ2) is 8.95. The van der Waals surface area contributed by atoms with Gasteiger partial charge in [0, 0.05) is 22.6 Å². The van der Waals surface area contributed by atoms with Crippen LogP contribution in [-0.2, 0) is 17.6 Å². The van der Waals surface area contributed by atoms with Crippen molar-refractivity contribution in [2.75, 3.05) is 0 Å². The first-order valence-electron chi connectivity index (χ1n) is 9.33. The van der Waals surface area contributed by atoms with Crippen LogP contribution >= 0.6 is 11.3 Å². The van der Waals surface area contributed by atoms with Gasteiger partial charge in [0.25, 0.3) is 11.6 Å². The molecule has 2 aromatic heterocycles. The smallest absolute Gasteiger partial charge is 0.349 e. The minimum absolute atomic E-state index is 0.0272. The quantitative estimate of drug-likeness (QED) is 0.285. The molecule has 2 heterocycles. The number of carbonyl (C=O) groups excluding carboxylic acids is 1. The molecule has 29 heavy (non-hydrogen) atoms. The normalized spacial score (nSPS) is 12.0. The molecular formula is C20H21N3O5S. The summed E-state index contributed by atoms with van der Waals surface area (Å²) in [7, 11) is 0. The van der Waals surface area contributed by atoms with E-state index in [2.05, 4.69) is 24.0 Å². The van der Waals surface area contributed by atoms with Crippen LogP contribution in [-0.4, -0.2) is 21.1 Å². The molecule has 1 aromatic carbocycles. The number of non-ortho nitro benzene ring substituents is 1. The van der Waals surface area contributed by atoms with Crippen LogP contribution in [0.4, 0.5) is 5.69 Å². The maximum atomic E-state index is 12.5. The van der Waals surface area contributed by atoms with Crippen LogP contribution in [0.1, 0.15) is 59.3 Å². The number of aromatic nitrogens is 2. The largest absolute Gasteiger partial charge is 0.448 e. The van der Waals surface area contributed by atoms with Gasteiger partial charge in [-0.15, -0.1) is 21.5 Å². The lowest BCUT2D eigenvalue weighted by atomic mass is 10.1. The Kier molecular flexibility index (Phi) is 6.38. The van der Waals surface area contributed by atoms with Crippen molar-refractivity contribution in [1.82, 2.24) is 10.2 Å². The number of hydrogen-bond donors (Lipinski definition) is 0. The van der Waals surface area contributed by atoms with E-state index in [0.29, 0.717) is 10.4 Å². The Bertz CT molecular complexity index is 1010. The second-order valence-corrected chi connectivity index (χ2v) is 7.60. The zero-order valence-electron chi connectivity index (χ0n) is 16.4. The van der Waals surface area contributed by atoms with Gasteiger partial charge < -0.3 is 9.15 Å². The summed E-state index contributed by atoms with van der Waals surface area (Å²) in [6.07, 6.45) is 2.12. The summed E-state index contributed by atoms with van der Waals surface area (Å²) < 4.78 is 11.1. The van der Waals surface area contributed by atoms with E-state index in [9.17, 15) is 14.9 Å². The molecule has 1 atom stereocenters. The topological polar surface area (TPSA) is 108 Å². The number of nitro benzene ring substituents is 1.